The fourth-order valence-corrected chi connectivity index (χ4v) is 5.67. The van der Waals surface area contributed by atoms with Crippen molar-refractivity contribution in [2.75, 3.05) is 23.7 Å². The Bertz CT molecular complexity index is 1080. The number of aromatic hydroxyl groups is 1. The maximum atomic E-state index is 12.1. The largest absolute Gasteiger partial charge is 0.507 e. The molecule has 2 aromatic carbocycles. The maximum absolute atomic E-state index is 12.1. The molecule has 0 aliphatic rings. The van der Waals surface area contributed by atoms with E-state index in [1.54, 1.807) is 23.9 Å². The molecule has 10 heteroatoms. The molecule has 174 valence electrons. The van der Waals surface area contributed by atoms with Crippen molar-refractivity contribution in [3.8, 4) is 5.75 Å². The Balaban J connectivity index is 1.43. The van der Waals surface area contributed by atoms with E-state index in [0.29, 0.717) is 5.56 Å². The van der Waals surface area contributed by atoms with Crippen molar-refractivity contribution < 1.29 is 9.90 Å². The van der Waals surface area contributed by atoms with Gasteiger partial charge in [0.25, 0.3) is 5.91 Å². The van der Waals surface area contributed by atoms with Crippen LogP contribution in [0.3, 0.4) is 0 Å². The maximum Gasteiger partial charge on any atom is 0.250 e. The van der Waals surface area contributed by atoms with Crippen LogP contribution in [0.5, 0.6) is 5.75 Å². The first-order valence-electron chi connectivity index (χ1n) is 10.5. The molecular formula is C23H27N5O2S3. The van der Waals surface area contributed by atoms with E-state index < -0.39 is 0 Å². The lowest BCUT2D eigenvalue weighted by Gasteiger charge is -2.21. The van der Waals surface area contributed by atoms with Crippen LogP contribution < -0.4 is 10.3 Å². The number of thioether (sulfide) groups is 2. The summed E-state index contributed by atoms with van der Waals surface area (Å²) < 4.78 is 1.62. The minimum atomic E-state index is -0.250. The highest BCUT2D eigenvalue weighted by atomic mass is 32.2. The number of anilines is 1. The van der Waals surface area contributed by atoms with Gasteiger partial charge in [-0.1, -0.05) is 64.7 Å². The summed E-state index contributed by atoms with van der Waals surface area (Å²) in [6, 6.07) is 13.8. The number of aryl methyl sites for hydroxylation is 1. The SMILES string of the molecule is CCN(CC)c1ccc(/C=N\NC(=O)CSc2nnc(SCc3ccc(C)cc3)s2)c(O)c1. The molecule has 1 heterocycles. The van der Waals surface area contributed by atoms with E-state index in [2.05, 4.69) is 70.7 Å². The van der Waals surface area contributed by atoms with Crippen LogP contribution in [0, 0.1) is 6.92 Å². The number of phenols is 1. The molecule has 0 aliphatic heterocycles. The molecule has 1 aromatic heterocycles. The average molecular weight is 502 g/mol. The molecule has 0 fully saturated rings. The van der Waals surface area contributed by atoms with Gasteiger partial charge in [0.2, 0.25) is 0 Å². The second-order valence-electron chi connectivity index (χ2n) is 7.11. The highest BCUT2D eigenvalue weighted by Gasteiger charge is 2.09. The molecule has 3 aromatic rings. The highest BCUT2D eigenvalue weighted by molar-refractivity contribution is 8.03. The number of aromatic nitrogens is 2. The Morgan fingerprint density at radius 2 is 1.82 bits per heavy atom. The molecule has 33 heavy (non-hydrogen) atoms. The first-order chi connectivity index (χ1) is 16.0. The first-order valence-corrected chi connectivity index (χ1v) is 13.3. The van der Waals surface area contributed by atoms with Crippen LogP contribution in [-0.4, -0.2) is 46.3 Å². The molecule has 0 unspecified atom stereocenters. The van der Waals surface area contributed by atoms with Gasteiger partial charge in [-0.15, -0.1) is 10.2 Å². The summed E-state index contributed by atoms with van der Waals surface area (Å²) in [6.45, 7) is 7.92. The number of rotatable bonds is 11. The number of carbonyl (C=O) groups excluding carboxylic acids is 1. The lowest BCUT2D eigenvalue weighted by molar-refractivity contribution is -0.118. The third-order valence-electron chi connectivity index (χ3n) is 4.73. The van der Waals surface area contributed by atoms with Gasteiger partial charge in [-0.2, -0.15) is 5.10 Å². The normalized spacial score (nSPS) is 11.1. The fourth-order valence-electron chi connectivity index (χ4n) is 2.90. The highest BCUT2D eigenvalue weighted by Crippen LogP contribution is 2.30. The summed E-state index contributed by atoms with van der Waals surface area (Å²) in [4.78, 5) is 14.2. The minimum absolute atomic E-state index is 0.122. The third kappa shape index (κ3) is 7.76. The number of hydrogen-bond donors (Lipinski definition) is 2. The van der Waals surface area contributed by atoms with Gasteiger partial charge >= 0.3 is 0 Å². The lowest BCUT2D eigenvalue weighted by Crippen LogP contribution is -2.21. The van der Waals surface area contributed by atoms with Gasteiger partial charge in [-0.3, -0.25) is 4.79 Å². The van der Waals surface area contributed by atoms with Crippen LogP contribution in [0.1, 0.15) is 30.5 Å². The Hall–Kier alpha value is -2.56. The van der Waals surface area contributed by atoms with Crippen LogP contribution in [-0.2, 0) is 10.5 Å². The van der Waals surface area contributed by atoms with Crippen molar-refractivity contribution in [2.45, 2.75) is 35.2 Å². The summed E-state index contributed by atoms with van der Waals surface area (Å²) in [5, 5.41) is 22.5. The fraction of sp³-hybridized carbons (Fsp3) is 0.304. The number of amides is 1. The zero-order valence-electron chi connectivity index (χ0n) is 18.8. The van der Waals surface area contributed by atoms with Gasteiger partial charge in [-0.05, 0) is 38.5 Å². The van der Waals surface area contributed by atoms with E-state index in [1.807, 2.05) is 6.07 Å². The van der Waals surface area contributed by atoms with Gasteiger partial charge in [0.15, 0.2) is 8.68 Å². The zero-order chi connectivity index (χ0) is 23.6. The number of benzene rings is 2. The Labute approximate surface area is 206 Å². The lowest BCUT2D eigenvalue weighted by atomic mass is 10.2. The Kier molecular flexibility index (Phi) is 9.59. The Morgan fingerprint density at radius 3 is 2.48 bits per heavy atom. The first kappa shape index (κ1) is 25.1. The van der Waals surface area contributed by atoms with Crippen molar-refractivity contribution in [3.05, 3.63) is 59.2 Å². The number of nitrogens with one attached hydrogen (secondary N) is 1. The molecule has 0 aliphatic carbocycles. The molecule has 0 bridgehead atoms. The second kappa shape index (κ2) is 12.6. The number of phenolic OH excluding ortho intramolecular Hbond substituents is 1. The summed E-state index contributed by atoms with van der Waals surface area (Å²) >= 11 is 4.43. The van der Waals surface area contributed by atoms with Crippen molar-refractivity contribution >= 4 is 52.7 Å². The average Bonchev–Trinajstić information content (AvgIpc) is 3.27. The van der Waals surface area contributed by atoms with Crippen LogP contribution in [0.15, 0.2) is 56.2 Å². The quantitative estimate of drug-likeness (QED) is 0.219. The van der Waals surface area contributed by atoms with Gasteiger partial charge in [0.05, 0.1) is 12.0 Å². The van der Waals surface area contributed by atoms with E-state index in [4.69, 9.17) is 0 Å². The van der Waals surface area contributed by atoms with Crippen LogP contribution >= 0.6 is 34.9 Å². The molecule has 3 rings (SSSR count). The second-order valence-corrected chi connectivity index (χ2v) is 10.5. The molecule has 2 N–H and O–H groups in total. The summed E-state index contributed by atoms with van der Waals surface area (Å²) in [5.41, 5.74) is 6.45. The third-order valence-corrected chi connectivity index (χ3v) is 7.99. The van der Waals surface area contributed by atoms with Gasteiger partial charge in [-0.25, -0.2) is 5.43 Å². The molecule has 0 saturated heterocycles. The molecular weight excluding hydrogens is 474 g/mol. The van der Waals surface area contributed by atoms with Gasteiger partial charge < -0.3 is 10.0 Å². The monoisotopic (exact) mass is 501 g/mol. The molecule has 1 amide bonds. The van der Waals surface area contributed by atoms with E-state index in [9.17, 15) is 9.90 Å². The smallest absolute Gasteiger partial charge is 0.250 e. The number of hydrazone groups is 1. The van der Waals surface area contributed by atoms with E-state index >= 15 is 0 Å². The van der Waals surface area contributed by atoms with Crippen LogP contribution in [0.25, 0.3) is 0 Å². The number of nitrogens with zero attached hydrogens (tertiary/aromatic N) is 4. The van der Waals surface area contributed by atoms with Crippen LogP contribution in [0.2, 0.25) is 0 Å². The summed E-state index contributed by atoms with van der Waals surface area (Å²) in [5.74, 6) is 0.884. The predicted molar refractivity (Wildman–Crippen MR) is 139 cm³/mol. The van der Waals surface area contributed by atoms with Gasteiger partial charge in [0.1, 0.15) is 5.75 Å². The molecule has 0 saturated carbocycles. The van der Waals surface area contributed by atoms with Crippen molar-refractivity contribution in [1.29, 1.82) is 0 Å². The molecule has 7 nitrogen and oxygen atoms in total. The number of hydrogen-bond acceptors (Lipinski definition) is 9. The molecule has 0 spiro atoms. The zero-order valence-corrected chi connectivity index (χ0v) is 21.3. The van der Waals surface area contributed by atoms with E-state index in [0.717, 1.165) is 33.2 Å². The van der Waals surface area contributed by atoms with E-state index in [1.165, 1.54) is 40.4 Å². The van der Waals surface area contributed by atoms with Crippen molar-refractivity contribution in [3.63, 3.8) is 0 Å². The molecule has 0 atom stereocenters. The topological polar surface area (TPSA) is 90.7 Å². The summed E-state index contributed by atoms with van der Waals surface area (Å²) in [7, 11) is 0. The van der Waals surface area contributed by atoms with Gasteiger partial charge in [0, 0.05) is 36.2 Å². The van der Waals surface area contributed by atoms with Crippen molar-refractivity contribution in [2.24, 2.45) is 5.10 Å². The predicted octanol–water partition coefficient (Wildman–Crippen LogP) is 4.93. The van der Waals surface area contributed by atoms with Crippen LogP contribution in [0.4, 0.5) is 5.69 Å². The minimum Gasteiger partial charge on any atom is -0.507 e. The summed E-state index contributed by atoms with van der Waals surface area (Å²) in [6.07, 6.45) is 1.44. The standard InChI is InChI=1S/C23H27N5O2S3/c1-4-28(5-2)19-11-10-18(20(29)12-19)13-24-25-21(30)15-32-23-27-26-22(33-23)31-14-17-8-6-16(3)7-9-17/h6-13,29H,4-5,14-15H2,1-3H3,(H,25,30)/b24-13-. The number of carbonyl (C=O) groups is 1. The molecule has 0 radical (unpaired) electrons. The van der Waals surface area contributed by atoms with E-state index in [-0.39, 0.29) is 17.4 Å². The van der Waals surface area contributed by atoms with Crippen molar-refractivity contribution in [1.82, 2.24) is 15.6 Å². The Morgan fingerprint density at radius 1 is 1.12 bits per heavy atom.